The van der Waals surface area contributed by atoms with Crippen molar-refractivity contribution in [2.24, 2.45) is 0 Å². The van der Waals surface area contributed by atoms with Crippen LogP contribution in [0.5, 0.6) is 0 Å². The van der Waals surface area contributed by atoms with Gasteiger partial charge in [-0.3, -0.25) is 0 Å². The monoisotopic (exact) mass is 345 g/mol. The minimum Gasteiger partial charge on any atom is -0.398 e. The van der Waals surface area contributed by atoms with E-state index in [9.17, 15) is 8.78 Å². The van der Waals surface area contributed by atoms with Gasteiger partial charge in [-0.25, -0.2) is 8.78 Å². The number of halogens is 2. The van der Waals surface area contributed by atoms with E-state index in [0.29, 0.717) is 5.52 Å². The first-order chi connectivity index (χ1) is 11.7. The Hall–Kier alpha value is -1.66. The molecule has 1 N–H and O–H groups in total. The number of fused-ring (bicyclic) bond motifs is 1. The molecule has 25 heavy (non-hydrogen) atoms. The highest BCUT2D eigenvalue weighted by molar-refractivity contribution is 6.53. The van der Waals surface area contributed by atoms with Crippen molar-refractivity contribution in [1.29, 1.82) is 0 Å². The van der Waals surface area contributed by atoms with E-state index in [2.05, 4.69) is 4.98 Å². The van der Waals surface area contributed by atoms with Crippen LogP contribution in [0.2, 0.25) is 0 Å². The van der Waals surface area contributed by atoms with Crippen molar-refractivity contribution in [1.82, 2.24) is 4.98 Å². The Balaban J connectivity index is 1.68. The quantitative estimate of drug-likeness (QED) is 0.809. The Bertz CT molecular complexity index is 851. The molecule has 0 unspecified atom stereocenters. The molecule has 0 radical (unpaired) electrons. The molecule has 0 amide bonds. The fourth-order valence-electron chi connectivity index (χ4n) is 3.44. The molecule has 132 valence electrons. The van der Waals surface area contributed by atoms with Gasteiger partial charge in [0.15, 0.2) is 0 Å². The molecule has 1 aromatic carbocycles. The number of H-pyrrole nitrogens is 1. The van der Waals surface area contributed by atoms with Gasteiger partial charge in [0, 0.05) is 17.0 Å². The third kappa shape index (κ3) is 2.54. The molecule has 1 aliphatic carbocycles. The van der Waals surface area contributed by atoms with Crippen molar-refractivity contribution in [3.05, 3.63) is 47.6 Å². The lowest BCUT2D eigenvalue weighted by Crippen LogP contribution is -2.41. The Morgan fingerprint density at radius 2 is 1.80 bits per heavy atom. The van der Waals surface area contributed by atoms with E-state index in [-0.39, 0.29) is 5.82 Å². The van der Waals surface area contributed by atoms with E-state index in [1.807, 2.05) is 33.8 Å². The maximum Gasteiger partial charge on any atom is 0.524 e. The summed E-state index contributed by atoms with van der Waals surface area (Å²) in [6.07, 6.45) is 5.03. The number of allylic oxidation sites excluding steroid dienone is 1. The summed E-state index contributed by atoms with van der Waals surface area (Å²) >= 11 is 0. The maximum absolute atomic E-state index is 14.9. The Morgan fingerprint density at radius 1 is 1.16 bits per heavy atom. The molecule has 2 fully saturated rings. The Labute approximate surface area is 146 Å². The van der Waals surface area contributed by atoms with Crippen LogP contribution in [0.25, 0.3) is 10.9 Å². The van der Waals surface area contributed by atoms with Gasteiger partial charge in [0.1, 0.15) is 11.5 Å². The molecule has 4 rings (SSSR count). The maximum atomic E-state index is 14.9. The third-order valence-electron chi connectivity index (χ3n) is 5.88. The number of aromatic nitrogens is 1. The first-order valence-corrected chi connectivity index (χ1v) is 8.65. The predicted octanol–water partition coefficient (Wildman–Crippen LogP) is 4.82. The van der Waals surface area contributed by atoms with E-state index in [0.717, 1.165) is 23.8 Å². The SMILES string of the molecule is CC1(C)OB(C(F)=CC2(c3c[nH]c4c(F)cccc34)CC2)OC1(C)C. The van der Waals surface area contributed by atoms with Gasteiger partial charge in [-0.05, 0) is 58.2 Å². The van der Waals surface area contributed by atoms with Crippen LogP contribution in [0.3, 0.4) is 0 Å². The summed E-state index contributed by atoms with van der Waals surface area (Å²) in [7, 11) is -0.996. The molecule has 0 atom stereocenters. The average Bonchev–Trinajstić information content (AvgIpc) is 3.07. The van der Waals surface area contributed by atoms with Crippen LogP contribution in [-0.4, -0.2) is 23.3 Å². The molecule has 2 aromatic rings. The van der Waals surface area contributed by atoms with Gasteiger partial charge < -0.3 is 14.3 Å². The van der Waals surface area contributed by atoms with E-state index in [1.54, 1.807) is 18.3 Å². The molecule has 1 aliphatic heterocycles. The first-order valence-electron chi connectivity index (χ1n) is 8.65. The van der Waals surface area contributed by atoms with Gasteiger partial charge in [0.25, 0.3) is 0 Å². The highest BCUT2D eigenvalue weighted by atomic mass is 19.1. The predicted molar refractivity (Wildman–Crippen MR) is 94.4 cm³/mol. The molecule has 2 aliphatic rings. The number of para-hydroxylation sites is 1. The van der Waals surface area contributed by atoms with Gasteiger partial charge in [0.05, 0.1) is 16.7 Å². The molecule has 1 aromatic heterocycles. The molecular weight excluding hydrogens is 323 g/mol. The summed E-state index contributed by atoms with van der Waals surface area (Å²) in [6.45, 7) is 7.59. The zero-order chi connectivity index (χ0) is 18.0. The smallest absolute Gasteiger partial charge is 0.398 e. The van der Waals surface area contributed by atoms with Gasteiger partial charge in [-0.2, -0.15) is 0 Å². The minimum absolute atomic E-state index is 0.296. The second kappa shape index (κ2) is 5.18. The Morgan fingerprint density at radius 3 is 2.40 bits per heavy atom. The highest BCUT2D eigenvalue weighted by Crippen LogP contribution is 2.53. The lowest BCUT2D eigenvalue weighted by atomic mass is 9.83. The summed E-state index contributed by atoms with van der Waals surface area (Å²) < 4.78 is 40.4. The van der Waals surface area contributed by atoms with Crippen molar-refractivity contribution in [2.75, 3.05) is 0 Å². The van der Waals surface area contributed by atoms with E-state index in [4.69, 9.17) is 9.31 Å². The number of aromatic amines is 1. The normalized spacial score (nSPS) is 24.1. The third-order valence-corrected chi connectivity index (χ3v) is 5.88. The summed E-state index contributed by atoms with van der Waals surface area (Å²) in [5, 5.41) is 0.801. The van der Waals surface area contributed by atoms with Gasteiger partial charge >= 0.3 is 7.12 Å². The zero-order valence-corrected chi connectivity index (χ0v) is 15.0. The number of nitrogens with one attached hydrogen (secondary N) is 1. The second-order valence-electron chi connectivity index (χ2n) is 8.14. The molecular formula is C19H22BF2NO2. The van der Waals surface area contributed by atoms with Crippen molar-refractivity contribution in [3.8, 4) is 0 Å². The number of hydrogen-bond donors (Lipinski definition) is 1. The molecule has 0 spiro atoms. The standard InChI is InChI=1S/C19H22BF2NO2/c1-17(2)18(3,4)25-20(24-17)15(22)10-19(8-9-19)13-11-23-16-12(13)6-5-7-14(16)21/h5-7,10-11,23H,8-9H2,1-4H3. The fourth-order valence-corrected chi connectivity index (χ4v) is 3.44. The molecule has 0 bridgehead atoms. The van der Waals surface area contributed by atoms with Gasteiger partial charge in [0.2, 0.25) is 0 Å². The number of rotatable bonds is 3. The molecule has 1 saturated heterocycles. The summed E-state index contributed by atoms with van der Waals surface area (Å²) in [5.74, 6) is -0.296. The van der Waals surface area contributed by atoms with E-state index < -0.39 is 29.5 Å². The average molecular weight is 345 g/mol. The van der Waals surface area contributed by atoms with Gasteiger partial charge in [-0.1, -0.05) is 12.1 Å². The number of benzene rings is 1. The summed E-state index contributed by atoms with van der Waals surface area (Å²) in [5.41, 5.74) is -0.601. The lowest BCUT2D eigenvalue weighted by molar-refractivity contribution is 0.00578. The zero-order valence-electron chi connectivity index (χ0n) is 15.0. The largest absolute Gasteiger partial charge is 0.524 e. The van der Waals surface area contributed by atoms with Crippen molar-refractivity contribution in [2.45, 2.75) is 57.2 Å². The number of hydrogen-bond acceptors (Lipinski definition) is 2. The van der Waals surface area contributed by atoms with Crippen molar-refractivity contribution in [3.63, 3.8) is 0 Å². The molecule has 3 nitrogen and oxygen atoms in total. The second-order valence-corrected chi connectivity index (χ2v) is 8.14. The topological polar surface area (TPSA) is 34.2 Å². The van der Waals surface area contributed by atoms with E-state index >= 15 is 0 Å². The lowest BCUT2D eigenvalue weighted by Gasteiger charge is -2.32. The Kier molecular flexibility index (Phi) is 3.48. The first kappa shape index (κ1) is 16.8. The summed E-state index contributed by atoms with van der Waals surface area (Å²) in [6, 6.07) is 4.97. The van der Waals surface area contributed by atoms with Crippen molar-refractivity contribution >= 4 is 18.0 Å². The molecule has 6 heteroatoms. The van der Waals surface area contributed by atoms with Crippen LogP contribution in [0.15, 0.2) is 36.2 Å². The minimum atomic E-state index is -0.996. The van der Waals surface area contributed by atoms with Crippen molar-refractivity contribution < 1.29 is 18.1 Å². The van der Waals surface area contributed by atoms with Crippen LogP contribution in [0.4, 0.5) is 8.78 Å². The van der Waals surface area contributed by atoms with Gasteiger partial charge in [-0.15, -0.1) is 0 Å². The van der Waals surface area contributed by atoms with Crippen LogP contribution < -0.4 is 0 Å². The van der Waals surface area contributed by atoms with Crippen LogP contribution in [0, 0.1) is 5.82 Å². The van der Waals surface area contributed by atoms with E-state index in [1.165, 1.54) is 6.07 Å². The molecule has 1 saturated carbocycles. The summed E-state index contributed by atoms with van der Waals surface area (Å²) in [4.78, 5) is 2.98. The van der Waals surface area contributed by atoms with Crippen LogP contribution in [-0.2, 0) is 14.7 Å². The van der Waals surface area contributed by atoms with Crippen LogP contribution >= 0.6 is 0 Å². The van der Waals surface area contributed by atoms with Crippen LogP contribution in [0.1, 0.15) is 46.1 Å². The highest BCUT2D eigenvalue weighted by Gasteiger charge is 2.54. The fraction of sp³-hybridized carbons (Fsp3) is 0.474. The molecule has 2 heterocycles.